The molecule has 2 rings (SSSR count). The summed E-state index contributed by atoms with van der Waals surface area (Å²) in [5.41, 5.74) is 7.13. The fraction of sp³-hybridized carbons (Fsp3) is 0.167. The van der Waals surface area contributed by atoms with Gasteiger partial charge in [0.15, 0.2) is 0 Å². The number of carbonyl (C=O) groups excluding carboxylic acids is 3. The smallest absolute Gasteiger partial charge is 0.313 e. The topological polar surface area (TPSA) is 101 Å². The van der Waals surface area contributed by atoms with E-state index in [0.717, 1.165) is 0 Å². The van der Waals surface area contributed by atoms with Gasteiger partial charge >= 0.3 is 11.8 Å². The van der Waals surface area contributed by atoms with E-state index in [4.69, 9.17) is 5.73 Å². The zero-order valence-corrected chi connectivity index (χ0v) is 13.8. The summed E-state index contributed by atoms with van der Waals surface area (Å²) >= 11 is 0. The zero-order valence-electron chi connectivity index (χ0n) is 13.8. The second kappa shape index (κ2) is 7.57. The summed E-state index contributed by atoms with van der Waals surface area (Å²) < 4.78 is 12.9. The molecule has 6 nitrogen and oxygen atoms in total. The second-order valence-electron chi connectivity index (χ2n) is 5.59. The van der Waals surface area contributed by atoms with Crippen molar-refractivity contribution in [2.24, 2.45) is 5.73 Å². The van der Waals surface area contributed by atoms with Gasteiger partial charge in [-0.05, 0) is 49.2 Å². The summed E-state index contributed by atoms with van der Waals surface area (Å²) in [5, 5.41) is 4.93. The predicted octanol–water partition coefficient (Wildman–Crippen LogP) is 2.05. The lowest BCUT2D eigenvalue weighted by atomic mass is 10.1. The lowest BCUT2D eigenvalue weighted by Crippen LogP contribution is -2.37. The highest BCUT2D eigenvalue weighted by Crippen LogP contribution is 2.16. The Bertz CT molecular complexity index is 819. The van der Waals surface area contributed by atoms with Crippen LogP contribution in [0.1, 0.15) is 34.5 Å². The van der Waals surface area contributed by atoms with E-state index in [9.17, 15) is 18.8 Å². The first-order valence-corrected chi connectivity index (χ1v) is 7.55. The maximum Gasteiger partial charge on any atom is 0.313 e. The van der Waals surface area contributed by atoms with Crippen molar-refractivity contribution in [2.75, 3.05) is 5.32 Å². The summed E-state index contributed by atoms with van der Waals surface area (Å²) in [4.78, 5) is 35.3. The number of nitrogens with two attached hydrogens (primary N) is 1. The summed E-state index contributed by atoms with van der Waals surface area (Å²) in [6.45, 7) is 3.39. The number of carbonyl (C=O) groups is 3. The molecule has 0 fully saturated rings. The third-order valence-electron chi connectivity index (χ3n) is 3.68. The molecule has 2 aromatic rings. The van der Waals surface area contributed by atoms with Gasteiger partial charge in [0.2, 0.25) is 5.91 Å². The minimum Gasteiger partial charge on any atom is -0.366 e. The minimum absolute atomic E-state index is 0.262. The van der Waals surface area contributed by atoms with Gasteiger partial charge in [-0.1, -0.05) is 18.2 Å². The van der Waals surface area contributed by atoms with Crippen molar-refractivity contribution in [3.8, 4) is 0 Å². The van der Waals surface area contributed by atoms with E-state index in [-0.39, 0.29) is 17.1 Å². The molecule has 0 saturated heterocycles. The molecule has 130 valence electrons. The molecule has 0 unspecified atom stereocenters. The van der Waals surface area contributed by atoms with Gasteiger partial charge in [-0.3, -0.25) is 14.4 Å². The van der Waals surface area contributed by atoms with E-state index >= 15 is 0 Å². The van der Waals surface area contributed by atoms with Crippen LogP contribution in [0.15, 0.2) is 42.5 Å². The molecule has 2 aromatic carbocycles. The van der Waals surface area contributed by atoms with Crippen LogP contribution < -0.4 is 16.4 Å². The Hall–Kier alpha value is -3.22. The van der Waals surface area contributed by atoms with Gasteiger partial charge in [0, 0.05) is 11.3 Å². The van der Waals surface area contributed by atoms with Crippen LogP contribution >= 0.6 is 0 Å². The molecule has 3 amide bonds. The molecule has 0 aliphatic rings. The Labute approximate surface area is 144 Å². The van der Waals surface area contributed by atoms with E-state index in [1.165, 1.54) is 30.3 Å². The van der Waals surface area contributed by atoms with Crippen LogP contribution in [0, 0.1) is 12.7 Å². The molecule has 4 N–H and O–H groups in total. The maximum absolute atomic E-state index is 12.9. The maximum atomic E-state index is 12.9. The first-order valence-electron chi connectivity index (χ1n) is 7.55. The predicted molar refractivity (Wildman–Crippen MR) is 91.3 cm³/mol. The molecule has 0 aromatic heterocycles. The standard InChI is InChI=1S/C18H18FN3O3/c1-10-3-8-14(9-15(10)16(20)23)22-18(25)17(24)21-11(2)12-4-6-13(19)7-5-12/h3-9,11H,1-2H3,(H2,20,23)(H,21,24)(H,22,25)/t11-/m1/s1. The van der Waals surface area contributed by atoms with Gasteiger partial charge in [-0.2, -0.15) is 0 Å². The van der Waals surface area contributed by atoms with Crippen molar-refractivity contribution in [3.05, 3.63) is 65.0 Å². The van der Waals surface area contributed by atoms with E-state index in [1.54, 1.807) is 26.0 Å². The van der Waals surface area contributed by atoms with E-state index in [1.807, 2.05) is 0 Å². The normalized spacial score (nSPS) is 11.5. The van der Waals surface area contributed by atoms with E-state index in [0.29, 0.717) is 11.1 Å². The Balaban J connectivity index is 2.03. The molecule has 0 aliphatic carbocycles. The van der Waals surface area contributed by atoms with Gasteiger partial charge in [0.1, 0.15) is 5.82 Å². The van der Waals surface area contributed by atoms with Crippen LogP contribution in [0.4, 0.5) is 10.1 Å². The molecule has 0 radical (unpaired) electrons. The number of aryl methyl sites for hydroxylation is 1. The van der Waals surface area contributed by atoms with Crippen LogP contribution in [0.5, 0.6) is 0 Å². The van der Waals surface area contributed by atoms with Crippen molar-refractivity contribution in [2.45, 2.75) is 19.9 Å². The molecule has 7 heteroatoms. The average Bonchev–Trinajstić information content (AvgIpc) is 2.56. The number of hydrogen-bond donors (Lipinski definition) is 3. The number of benzene rings is 2. The number of nitrogens with one attached hydrogen (secondary N) is 2. The Kier molecular flexibility index (Phi) is 5.49. The lowest BCUT2D eigenvalue weighted by Gasteiger charge is -2.14. The summed E-state index contributed by atoms with van der Waals surface area (Å²) in [7, 11) is 0. The minimum atomic E-state index is -0.881. The molecule has 0 spiro atoms. The molecule has 0 heterocycles. The Morgan fingerprint density at radius 1 is 1.04 bits per heavy atom. The van der Waals surface area contributed by atoms with E-state index < -0.39 is 23.8 Å². The van der Waals surface area contributed by atoms with E-state index in [2.05, 4.69) is 10.6 Å². The number of anilines is 1. The van der Waals surface area contributed by atoms with Crippen LogP contribution in [0.2, 0.25) is 0 Å². The molecule has 1 atom stereocenters. The number of primary amides is 1. The van der Waals surface area contributed by atoms with Crippen LogP contribution in [0.3, 0.4) is 0 Å². The summed E-state index contributed by atoms with van der Waals surface area (Å²) in [6.07, 6.45) is 0. The van der Waals surface area contributed by atoms with Crippen LogP contribution in [-0.4, -0.2) is 17.7 Å². The van der Waals surface area contributed by atoms with Crippen molar-refractivity contribution in [1.29, 1.82) is 0 Å². The molecular formula is C18H18FN3O3. The average molecular weight is 343 g/mol. The third kappa shape index (κ3) is 4.63. The van der Waals surface area contributed by atoms with Gasteiger partial charge in [0.05, 0.1) is 6.04 Å². The van der Waals surface area contributed by atoms with Crippen molar-refractivity contribution < 1.29 is 18.8 Å². The molecular weight excluding hydrogens is 325 g/mol. The van der Waals surface area contributed by atoms with Gasteiger partial charge in [-0.25, -0.2) is 4.39 Å². The fourth-order valence-corrected chi connectivity index (χ4v) is 2.25. The largest absolute Gasteiger partial charge is 0.366 e. The Morgan fingerprint density at radius 3 is 2.28 bits per heavy atom. The number of halogens is 1. The van der Waals surface area contributed by atoms with Crippen molar-refractivity contribution in [3.63, 3.8) is 0 Å². The summed E-state index contributed by atoms with van der Waals surface area (Å²) in [6, 6.07) is 9.72. The van der Waals surface area contributed by atoms with Crippen molar-refractivity contribution in [1.82, 2.24) is 5.32 Å². The van der Waals surface area contributed by atoms with Crippen LogP contribution in [0.25, 0.3) is 0 Å². The molecule has 0 bridgehead atoms. The highest BCUT2D eigenvalue weighted by atomic mass is 19.1. The van der Waals surface area contributed by atoms with Gasteiger partial charge < -0.3 is 16.4 Å². The highest BCUT2D eigenvalue weighted by Gasteiger charge is 2.18. The first kappa shape index (κ1) is 18.1. The van der Waals surface area contributed by atoms with Crippen molar-refractivity contribution >= 4 is 23.4 Å². The highest BCUT2D eigenvalue weighted by molar-refractivity contribution is 6.39. The number of amides is 3. The summed E-state index contributed by atoms with van der Waals surface area (Å²) in [5.74, 6) is -2.74. The quantitative estimate of drug-likeness (QED) is 0.741. The number of hydrogen-bond acceptors (Lipinski definition) is 3. The van der Waals surface area contributed by atoms with Gasteiger partial charge in [-0.15, -0.1) is 0 Å². The molecule has 0 saturated carbocycles. The van der Waals surface area contributed by atoms with Gasteiger partial charge in [0.25, 0.3) is 0 Å². The van der Waals surface area contributed by atoms with Crippen LogP contribution in [-0.2, 0) is 9.59 Å². The fourth-order valence-electron chi connectivity index (χ4n) is 2.25. The Morgan fingerprint density at radius 2 is 1.68 bits per heavy atom. The lowest BCUT2D eigenvalue weighted by molar-refractivity contribution is -0.136. The zero-order chi connectivity index (χ0) is 18.6. The third-order valence-corrected chi connectivity index (χ3v) is 3.68. The number of rotatable bonds is 4. The SMILES string of the molecule is Cc1ccc(NC(=O)C(=O)N[C@H](C)c2ccc(F)cc2)cc1C(N)=O. The first-order chi connectivity index (χ1) is 11.8. The molecule has 0 aliphatic heterocycles. The monoisotopic (exact) mass is 343 g/mol. The molecule has 25 heavy (non-hydrogen) atoms. The second-order valence-corrected chi connectivity index (χ2v) is 5.59.